The van der Waals surface area contributed by atoms with Gasteiger partial charge >= 0.3 is 0 Å². The molecule has 2 aromatic carbocycles. The molecule has 0 bridgehead atoms. The number of rotatable bonds is 7. The smallest absolute Gasteiger partial charge is 0.263 e. The number of Topliss-reactive ketones (excluding diaryl/α,β-unsaturated/α-hetero) is 1. The molecule has 0 aliphatic carbocycles. The number of hydrogen-bond acceptors (Lipinski definition) is 6. The molecule has 4 rings (SSSR count). The van der Waals surface area contributed by atoms with Gasteiger partial charge in [-0.15, -0.1) is 0 Å². The van der Waals surface area contributed by atoms with Gasteiger partial charge in [0.15, 0.2) is 5.78 Å². The van der Waals surface area contributed by atoms with E-state index in [-0.39, 0.29) is 23.5 Å². The minimum Gasteiger partial charge on any atom is -0.495 e. The number of fused-ring (bicyclic) bond motifs is 1. The fourth-order valence-corrected chi connectivity index (χ4v) is 3.50. The Labute approximate surface area is 172 Å². The first-order chi connectivity index (χ1) is 14.5. The average Bonchev–Trinajstić information content (AvgIpc) is 2.73. The maximum Gasteiger partial charge on any atom is 0.263 e. The first kappa shape index (κ1) is 20.2. The van der Waals surface area contributed by atoms with Crippen LogP contribution in [-0.4, -0.2) is 43.7 Å². The fraction of sp³-hybridized carbons (Fsp3) is 0.273. The summed E-state index contributed by atoms with van der Waals surface area (Å²) in [5.74, 6) is 0.426. The summed E-state index contributed by atoms with van der Waals surface area (Å²) in [6, 6.07) is 10.9. The van der Waals surface area contributed by atoms with Crippen LogP contribution in [0.3, 0.4) is 0 Å². The Bertz CT molecular complexity index is 1090. The van der Waals surface area contributed by atoms with Gasteiger partial charge in [-0.3, -0.25) is 9.78 Å². The Morgan fingerprint density at radius 2 is 2.00 bits per heavy atom. The lowest BCUT2D eigenvalue weighted by molar-refractivity contribution is 0.0180. The molecule has 1 aromatic heterocycles. The van der Waals surface area contributed by atoms with Crippen LogP contribution in [0.25, 0.3) is 10.9 Å². The van der Waals surface area contributed by atoms with Crippen LogP contribution >= 0.6 is 0 Å². The van der Waals surface area contributed by atoms with Crippen LogP contribution < -0.4 is 15.4 Å². The number of carbonyl (C=O) groups is 1. The van der Waals surface area contributed by atoms with Gasteiger partial charge in [0.1, 0.15) is 5.75 Å². The quantitative estimate of drug-likeness (QED) is 0.569. The molecular formula is C22H21F2N3O3. The number of benzene rings is 2. The van der Waals surface area contributed by atoms with Crippen molar-refractivity contribution in [2.45, 2.75) is 18.6 Å². The van der Waals surface area contributed by atoms with Gasteiger partial charge in [-0.2, -0.15) is 0 Å². The third kappa shape index (κ3) is 3.71. The topological polar surface area (TPSA) is 72.5 Å². The van der Waals surface area contributed by atoms with Crippen molar-refractivity contribution in [3.05, 3.63) is 59.8 Å². The molecule has 2 unspecified atom stereocenters. The van der Waals surface area contributed by atoms with E-state index in [1.54, 1.807) is 43.6 Å². The second kappa shape index (κ2) is 8.33. The number of halogens is 2. The van der Waals surface area contributed by atoms with Gasteiger partial charge in [-0.25, -0.2) is 8.78 Å². The molecule has 2 atom stereocenters. The predicted molar refractivity (Wildman–Crippen MR) is 110 cm³/mol. The summed E-state index contributed by atoms with van der Waals surface area (Å²) in [7, 11) is 3.11. The second-order valence-corrected chi connectivity index (χ2v) is 7.00. The number of nitrogens with zero attached hydrogens (tertiary/aromatic N) is 1. The minimum absolute atomic E-state index is 0.0631. The van der Waals surface area contributed by atoms with Crippen molar-refractivity contribution in [1.82, 2.24) is 10.3 Å². The number of alkyl halides is 2. The van der Waals surface area contributed by atoms with Crippen LogP contribution in [0.4, 0.5) is 20.2 Å². The molecule has 0 amide bonds. The van der Waals surface area contributed by atoms with Gasteiger partial charge in [0, 0.05) is 42.1 Å². The number of methoxy groups -OCH3 is 2. The highest BCUT2D eigenvalue weighted by molar-refractivity contribution is 6.02. The highest BCUT2D eigenvalue weighted by atomic mass is 19.3. The molecule has 1 saturated heterocycles. The van der Waals surface area contributed by atoms with E-state index in [1.165, 1.54) is 19.2 Å². The molecule has 0 saturated carbocycles. The number of carbonyl (C=O) groups excluding carboxylic acids is 1. The largest absolute Gasteiger partial charge is 0.495 e. The minimum atomic E-state index is -2.55. The maximum absolute atomic E-state index is 13.0. The SMILES string of the molecule is COc1cc(C(=O)C2NCC2OC)ccc1Nc1ccnc2cc(C(F)F)ccc12. The zero-order valence-corrected chi connectivity index (χ0v) is 16.5. The van der Waals surface area contributed by atoms with Crippen molar-refractivity contribution in [1.29, 1.82) is 0 Å². The summed E-state index contributed by atoms with van der Waals surface area (Å²) in [6.45, 7) is 0.645. The van der Waals surface area contributed by atoms with Crippen LogP contribution in [0.1, 0.15) is 22.3 Å². The molecule has 156 valence electrons. The van der Waals surface area contributed by atoms with Gasteiger partial charge in [0.2, 0.25) is 0 Å². The van der Waals surface area contributed by atoms with Gasteiger partial charge in [0.05, 0.1) is 30.5 Å². The van der Waals surface area contributed by atoms with E-state index in [0.29, 0.717) is 40.1 Å². The standard InChI is InChI=1S/C22H21F2N3O3/c1-29-18-10-12(21(28)20-19(30-2)11-26-20)4-6-16(18)27-15-7-8-25-17-9-13(22(23)24)3-5-14(15)17/h3-10,19-20,22,26H,11H2,1-2H3,(H,25,27). The number of pyridine rings is 1. The van der Waals surface area contributed by atoms with Gasteiger partial charge in [-0.1, -0.05) is 12.1 Å². The fourth-order valence-electron chi connectivity index (χ4n) is 3.50. The number of hydrogen-bond donors (Lipinski definition) is 2. The summed E-state index contributed by atoms with van der Waals surface area (Å²) in [5, 5.41) is 7.03. The van der Waals surface area contributed by atoms with E-state index < -0.39 is 6.43 Å². The Morgan fingerprint density at radius 3 is 2.67 bits per heavy atom. The second-order valence-electron chi connectivity index (χ2n) is 7.00. The molecule has 1 aliphatic heterocycles. The van der Waals surface area contributed by atoms with E-state index in [2.05, 4.69) is 15.6 Å². The lowest BCUT2D eigenvalue weighted by Gasteiger charge is -2.35. The molecule has 3 aromatic rings. The summed E-state index contributed by atoms with van der Waals surface area (Å²) < 4.78 is 36.7. The molecule has 1 aliphatic rings. The Balaban J connectivity index is 1.63. The van der Waals surface area contributed by atoms with E-state index in [4.69, 9.17) is 9.47 Å². The lowest BCUT2D eigenvalue weighted by Crippen LogP contribution is -2.62. The van der Waals surface area contributed by atoms with Crippen molar-refractivity contribution in [2.24, 2.45) is 0 Å². The molecule has 0 radical (unpaired) electrons. The van der Waals surface area contributed by atoms with Crippen LogP contribution in [0.15, 0.2) is 48.7 Å². The molecule has 2 N–H and O–H groups in total. The third-order valence-electron chi connectivity index (χ3n) is 5.27. The third-order valence-corrected chi connectivity index (χ3v) is 5.27. The monoisotopic (exact) mass is 413 g/mol. The van der Waals surface area contributed by atoms with Gasteiger partial charge in [0.25, 0.3) is 6.43 Å². The normalized spacial score (nSPS) is 18.3. The van der Waals surface area contributed by atoms with E-state index in [9.17, 15) is 13.6 Å². The summed E-state index contributed by atoms with van der Waals surface area (Å²) in [6.07, 6.45) is -1.14. The Morgan fingerprint density at radius 1 is 1.17 bits per heavy atom. The maximum atomic E-state index is 13.0. The first-order valence-corrected chi connectivity index (χ1v) is 9.44. The number of nitrogens with one attached hydrogen (secondary N) is 2. The zero-order chi connectivity index (χ0) is 21.3. The van der Waals surface area contributed by atoms with Crippen LogP contribution in [-0.2, 0) is 4.74 Å². The molecule has 6 nitrogen and oxygen atoms in total. The summed E-state index contributed by atoms with van der Waals surface area (Å²) in [4.78, 5) is 16.9. The van der Waals surface area contributed by atoms with Crippen molar-refractivity contribution >= 4 is 28.1 Å². The first-order valence-electron chi connectivity index (χ1n) is 9.44. The van der Waals surface area contributed by atoms with E-state index in [1.807, 2.05) is 0 Å². The zero-order valence-electron chi connectivity index (χ0n) is 16.5. The molecule has 1 fully saturated rings. The number of anilines is 2. The Kier molecular flexibility index (Phi) is 5.61. The van der Waals surface area contributed by atoms with Crippen molar-refractivity contribution in [2.75, 3.05) is 26.1 Å². The molecular weight excluding hydrogens is 392 g/mol. The number of ether oxygens (including phenoxy) is 2. The molecule has 8 heteroatoms. The molecule has 2 heterocycles. The van der Waals surface area contributed by atoms with Crippen molar-refractivity contribution in [3.8, 4) is 5.75 Å². The molecule has 0 spiro atoms. The average molecular weight is 413 g/mol. The number of aromatic nitrogens is 1. The van der Waals surface area contributed by atoms with E-state index in [0.717, 1.165) is 0 Å². The van der Waals surface area contributed by atoms with Crippen molar-refractivity contribution < 1.29 is 23.0 Å². The Hall–Kier alpha value is -3.10. The lowest BCUT2D eigenvalue weighted by atomic mass is 9.93. The summed E-state index contributed by atoms with van der Waals surface area (Å²) in [5.41, 5.74) is 2.23. The van der Waals surface area contributed by atoms with Crippen LogP contribution in [0, 0.1) is 0 Å². The van der Waals surface area contributed by atoms with Gasteiger partial charge < -0.3 is 20.1 Å². The molecule has 30 heavy (non-hydrogen) atoms. The highest BCUT2D eigenvalue weighted by Crippen LogP contribution is 2.33. The van der Waals surface area contributed by atoms with Crippen molar-refractivity contribution in [3.63, 3.8) is 0 Å². The summed E-state index contributed by atoms with van der Waals surface area (Å²) >= 11 is 0. The van der Waals surface area contributed by atoms with Crippen LogP contribution in [0.5, 0.6) is 5.75 Å². The van der Waals surface area contributed by atoms with E-state index >= 15 is 0 Å². The highest BCUT2D eigenvalue weighted by Gasteiger charge is 2.36. The van der Waals surface area contributed by atoms with Crippen LogP contribution in [0.2, 0.25) is 0 Å². The van der Waals surface area contributed by atoms with Gasteiger partial charge in [-0.05, 0) is 30.3 Å². The number of ketones is 1. The predicted octanol–water partition coefficient (Wildman–Crippen LogP) is 4.09.